The van der Waals surface area contributed by atoms with Crippen LogP contribution in [0.4, 0.5) is 0 Å². The van der Waals surface area contributed by atoms with Gasteiger partial charge >= 0.3 is 0 Å². The number of aliphatic hydroxyl groups is 1. The molecule has 0 aliphatic heterocycles. The van der Waals surface area contributed by atoms with Crippen LogP contribution in [0.15, 0.2) is 23.8 Å². The zero-order valence-electron chi connectivity index (χ0n) is 12.9. The molecule has 0 amide bonds. The van der Waals surface area contributed by atoms with Crippen molar-refractivity contribution in [2.24, 2.45) is 5.41 Å². The number of hydrogen-bond acceptors (Lipinski definition) is 1. The molecule has 0 saturated carbocycles. The van der Waals surface area contributed by atoms with E-state index >= 15 is 0 Å². The van der Waals surface area contributed by atoms with Crippen LogP contribution in [-0.4, -0.2) is 11.2 Å². The fourth-order valence-corrected chi connectivity index (χ4v) is 3.48. The summed E-state index contributed by atoms with van der Waals surface area (Å²) < 4.78 is 0. The first-order valence-electron chi connectivity index (χ1n) is 7.21. The predicted molar refractivity (Wildman–Crippen MR) is 81.5 cm³/mol. The van der Waals surface area contributed by atoms with Crippen molar-refractivity contribution in [1.29, 1.82) is 0 Å². The van der Waals surface area contributed by atoms with E-state index in [1.807, 2.05) is 0 Å². The molecule has 0 fully saturated rings. The Morgan fingerprint density at radius 1 is 1.16 bits per heavy atom. The van der Waals surface area contributed by atoms with E-state index < -0.39 is 0 Å². The number of aryl methyl sites for hydroxylation is 3. The Labute approximate surface area is 117 Å². The maximum absolute atomic E-state index is 10.00. The number of hydrogen-bond donors (Lipinski definition) is 1. The first-order chi connectivity index (χ1) is 8.77. The van der Waals surface area contributed by atoms with Crippen LogP contribution in [0.3, 0.4) is 0 Å². The highest BCUT2D eigenvalue weighted by molar-refractivity contribution is 5.40. The van der Waals surface area contributed by atoms with Gasteiger partial charge in [-0.3, -0.25) is 0 Å². The first kappa shape index (κ1) is 14.3. The molecular weight excluding hydrogens is 232 g/mol. The third kappa shape index (κ3) is 3.48. The van der Waals surface area contributed by atoms with Gasteiger partial charge in [-0.2, -0.15) is 0 Å². The molecule has 1 aliphatic rings. The van der Waals surface area contributed by atoms with E-state index in [1.165, 1.54) is 27.8 Å². The summed E-state index contributed by atoms with van der Waals surface area (Å²) in [5.41, 5.74) is 7.11. The molecule has 19 heavy (non-hydrogen) atoms. The molecule has 0 spiro atoms. The summed E-state index contributed by atoms with van der Waals surface area (Å²) in [5.74, 6) is 0. The van der Waals surface area contributed by atoms with Crippen LogP contribution in [0, 0.1) is 26.2 Å². The highest BCUT2D eigenvalue weighted by atomic mass is 16.3. The summed E-state index contributed by atoms with van der Waals surface area (Å²) in [6.45, 7) is 11.0. The van der Waals surface area contributed by atoms with Gasteiger partial charge in [0.2, 0.25) is 0 Å². The van der Waals surface area contributed by atoms with Gasteiger partial charge in [0.15, 0.2) is 0 Å². The Morgan fingerprint density at radius 2 is 1.74 bits per heavy atom. The van der Waals surface area contributed by atoms with E-state index in [1.54, 1.807) is 0 Å². The molecule has 1 aromatic carbocycles. The smallest absolute Gasteiger partial charge is 0.0728 e. The Hall–Kier alpha value is -1.08. The fraction of sp³-hybridized carbons (Fsp3) is 0.556. The van der Waals surface area contributed by atoms with Crippen LogP contribution < -0.4 is 0 Å². The summed E-state index contributed by atoms with van der Waals surface area (Å²) in [6, 6.07) is 4.51. The Bertz CT molecular complexity index is 485. The maximum Gasteiger partial charge on any atom is 0.0728 e. The van der Waals surface area contributed by atoms with Crippen LogP contribution in [-0.2, 0) is 6.42 Å². The van der Waals surface area contributed by atoms with Gasteiger partial charge in [0.25, 0.3) is 0 Å². The molecule has 1 unspecified atom stereocenters. The SMILES string of the molecule is Cc1cc(C)c(CC2=CC(O)CC(C)(C)C2)c(C)c1. The van der Waals surface area contributed by atoms with Gasteiger partial charge < -0.3 is 5.11 Å². The standard InChI is InChI=1S/C18H26O/c1-12-6-13(2)17(14(3)7-12)9-15-8-16(19)11-18(4,5)10-15/h6-8,16,19H,9-11H2,1-5H3. The summed E-state index contributed by atoms with van der Waals surface area (Å²) in [7, 11) is 0. The molecular formula is C18H26O. The van der Waals surface area contributed by atoms with Crippen LogP contribution in [0.2, 0.25) is 0 Å². The topological polar surface area (TPSA) is 20.2 Å². The van der Waals surface area contributed by atoms with Crippen LogP contribution in [0.25, 0.3) is 0 Å². The van der Waals surface area contributed by atoms with E-state index in [2.05, 4.69) is 52.8 Å². The molecule has 0 aromatic heterocycles. The monoisotopic (exact) mass is 258 g/mol. The lowest BCUT2D eigenvalue weighted by molar-refractivity contribution is 0.138. The summed E-state index contributed by atoms with van der Waals surface area (Å²) >= 11 is 0. The second-order valence-electron chi connectivity index (χ2n) is 6.99. The van der Waals surface area contributed by atoms with Crippen molar-refractivity contribution in [3.05, 3.63) is 46.0 Å². The molecule has 104 valence electrons. The Morgan fingerprint density at radius 3 is 2.26 bits per heavy atom. The van der Waals surface area contributed by atoms with Gasteiger partial charge in [-0.25, -0.2) is 0 Å². The normalized spacial score (nSPS) is 22.2. The molecule has 1 nitrogen and oxygen atoms in total. The molecule has 0 radical (unpaired) electrons. The van der Waals surface area contributed by atoms with Crippen molar-refractivity contribution in [2.45, 2.75) is 60.0 Å². The zero-order chi connectivity index (χ0) is 14.2. The lowest BCUT2D eigenvalue weighted by Gasteiger charge is -2.33. The highest BCUT2D eigenvalue weighted by Crippen LogP contribution is 2.37. The van der Waals surface area contributed by atoms with Crippen molar-refractivity contribution in [3.8, 4) is 0 Å². The summed E-state index contributed by atoms with van der Waals surface area (Å²) in [5, 5.41) is 10.00. The molecule has 1 atom stereocenters. The average molecular weight is 258 g/mol. The third-order valence-corrected chi connectivity index (χ3v) is 4.14. The van der Waals surface area contributed by atoms with Crippen molar-refractivity contribution in [1.82, 2.24) is 0 Å². The minimum atomic E-state index is -0.273. The van der Waals surface area contributed by atoms with Crippen molar-refractivity contribution in [2.75, 3.05) is 0 Å². The van der Waals surface area contributed by atoms with Crippen molar-refractivity contribution < 1.29 is 5.11 Å². The second kappa shape index (κ2) is 5.13. The minimum Gasteiger partial charge on any atom is -0.389 e. The Kier molecular flexibility index (Phi) is 3.87. The molecule has 0 heterocycles. The van der Waals surface area contributed by atoms with Crippen LogP contribution >= 0.6 is 0 Å². The van der Waals surface area contributed by atoms with Gasteiger partial charge in [-0.05, 0) is 62.1 Å². The van der Waals surface area contributed by atoms with Gasteiger partial charge in [0.1, 0.15) is 0 Å². The van der Waals surface area contributed by atoms with Crippen LogP contribution in [0.5, 0.6) is 0 Å². The highest BCUT2D eigenvalue weighted by Gasteiger charge is 2.27. The number of rotatable bonds is 2. The predicted octanol–water partition coefficient (Wildman–Crippen LogP) is 4.26. The zero-order valence-corrected chi connectivity index (χ0v) is 12.9. The molecule has 0 saturated heterocycles. The van der Waals surface area contributed by atoms with E-state index in [9.17, 15) is 5.11 Å². The van der Waals surface area contributed by atoms with Gasteiger partial charge in [0.05, 0.1) is 6.10 Å². The number of allylic oxidation sites excluding steroid dienone is 1. The van der Waals surface area contributed by atoms with Crippen molar-refractivity contribution >= 4 is 0 Å². The van der Waals surface area contributed by atoms with Gasteiger partial charge in [-0.1, -0.05) is 43.2 Å². The van der Waals surface area contributed by atoms with E-state index in [-0.39, 0.29) is 11.5 Å². The number of benzene rings is 1. The largest absolute Gasteiger partial charge is 0.389 e. The van der Waals surface area contributed by atoms with E-state index in [4.69, 9.17) is 0 Å². The lowest BCUT2D eigenvalue weighted by Crippen LogP contribution is -2.25. The molecule has 0 bridgehead atoms. The van der Waals surface area contributed by atoms with Crippen LogP contribution in [0.1, 0.15) is 48.9 Å². The lowest BCUT2D eigenvalue weighted by atomic mass is 9.74. The second-order valence-corrected chi connectivity index (χ2v) is 6.99. The van der Waals surface area contributed by atoms with E-state index in [0.29, 0.717) is 0 Å². The summed E-state index contributed by atoms with van der Waals surface area (Å²) in [6.07, 6.45) is 4.76. The number of aliphatic hydroxyl groups excluding tert-OH is 1. The molecule has 1 aliphatic carbocycles. The van der Waals surface area contributed by atoms with Gasteiger partial charge in [-0.15, -0.1) is 0 Å². The quantitative estimate of drug-likeness (QED) is 0.786. The fourth-order valence-electron chi connectivity index (χ4n) is 3.48. The minimum absolute atomic E-state index is 0.218. The third-order valence-electron chi connectivity index (χ3n) is 4.14. The molecule has 1 aromatic rings. The average Bonchev–Trinajstić information content (AvgIpc) is 2.20. The molecule has 2 rings (SSSR count). The molecule has 1 N–H and O–H groups in total. The molecule has 1 heteroatoms. The Balaban J connectivity index is 2.27. The van der Waals surface area contributed by atoms with Crippen molar-refractivity contribution in [3.63, 3.8) is 0 Å². The summed E-state index contributed by atoms with van der Waals surface area (Å²) in [4.78, 5) is 0. The van der Waals surface area contributed by atoms with Gasteiger partial charge in [0, 0.05) is 0 Å². The van der Waals surface area contributed by atoms with E-state index in [0.717, 1.165) is 19.3 Å². The maximum atomic E-state index is 10.00. The first-order valence-corrected chi connectivity index (χ1v) is 7.21.